The lowest BCUT2D eigenvalue weighted by molar-refractivity contribution is 0.138. The summed E-state index contributed by atoms with van der Waals surface area (Å²) in [4.78, 5) is 12.1. The molecular formula is C16H19F2N3O3. The average molecular weight is 339 g/mol. The maximum absolute atomic E-state index is 13.2. The van der Waals surface area contributed by atoms with E-state index in [0.717, 1.165) is 12.1 Å². The van der Waals surface area contributed by atoms with E-state index in [0.29, 0.717) is 23.6 Å². The van der Waals surface area contributed by atoms with Crippen molar-refractivity contribution in [1.82, 2.24) is 10.5 Å². The second-order valence-corrected chi connectivity index (χ2v) is 5.42. The van der Waals surface area contributed by atoms with E-state index in [4.69, 9.17) is 4.52 Å². The van der Waals surface area contributed by atoms with Gasteiger partial charge in [-0.15, -0.1) is 0 Å². The fourth-order valence-electron chi connectivity index (χ4n) is 2.24. The highest BCUT2D eigenvalue weighted by molar-refractivity contribution is 5.90. The molecule has 0 fully saturated rings. The number of anilines is 1. The van der Waals surface area contributed by atoms with Crippen LogP contribution in [0.25, 0.3) is 0 Å². The normalized spacial score (nSPS) is 13.4. The second kappa shape index (κ2) is 7.39. The van der Waals surface area contributed by atoms with Gasteiger partial charge < -0.3 is 20.3 Å². The van der Waals surface area contributed by atoms with Crippen molar-refractivity contribution in [1.29, 1.82) is 0 Å². The molecule has 6 nitrogen and oxygen atoms in total. The highest BCUT2D eigenvalue weighted by Crippen LogP contribution is 2.21. The third kappa shape index (κ3) is 3.88. The summed E-state index contributed by atoms with van der Waals surface area (Å²) in [6, 6.07) is 1.79. The molecule has 2 rings (SSSR count). The molecule has 130 valence electrons. The fourth-order valence-corrected chi connectivity index (χ4v) is 2.24. The van der Waals surface area contributed by atoms with Gasteiger partial charge in [0.25, 0.3) is 0 Å². The lowest BCUT2D eigenvalue weighted by Gasteiger charge is -2.21. The van der Waals surface area contributed by atoms with E-state index in [2.05, 4.69) is 15.8 Å². The van der Waals surface area contributed by atoms with E-state index in [1.165, 1.54) is 6.07 Å². The molecule has 0 aliphatic carbocycles. The molecule has 0 spiro atoms. The van der Waals surface area contributed by atoms with Gasteiger partial charge in [-0.3, -0.25) is 0 Å². The standard InChI is InChI=1S/C16H19F2N3O3/c1-4-13-14(9(3)24-21-13)20-16(23)19-8(2)15(22)10-5-6-11(17)12(18)7-10/h5-8,15,22H,4H2,1-3H3,(H2,19,20,23). The van der Waals surface area contributed by atoms with Crippen LogP contribution in [-0.2, 0) is 6.42 Å². The van der Waals surface area contributed by atoms with Gasteiger partial charge in [0.05, 0.1) is 12.1 Å². The van der Waals surface area contributed by atoms with Crippen LogP contribution in [0.3, 0.4) is 0 Å². The first-order valence-electron chi connectivity index (χ1n) is 7.49. The monoisotopic (exact) mass is 339 g/mol. The van der Waals surface area contributed by atoms with Gasteiger partial charge >= 0.3 is 6.03 Å². The maximum atomic E-state index is 13.2. The number of aryl methyl sites for hydroxylation is 2. The minimum Gasteiger partial charge on any atom is -0.386 e. The largest absolute Gasteiger partial charge is 0.386 e. The lowest BCUT2D eigenvalue weighted by atomic mass is 10.0. The van der Waals surface area contributed by atoms with Crippen molar-refractivity contribution in [3.8, 4) is 0 Å². The summed E-state index contributed by atoms with van der Waals surface area (Å²) < 4.78 is 31.2. The summed E-state index contributed by atoms with van der Waals surface area (Å²) >= 11 is 0. The van der Waals surface area contributed by atoms with Crippen LogP contribution in [-0.4, -0.2) is 22.3 Å². The summed E-state index contributed by atoms with van der Waals surface area (Å²) in [5.41, 5.74) is 1.25. The zero-order valence-corrected chi connectivity index (χ0v) is 13.6. The number of carbonyl (C=O) groups is 1. The Morgan fingerprint density at radius 1 is 1.38 bits per heavy atom. The maximum Gasteiger partial charge on any atom is 0.319 e. The van der Waals surface area contributed by atoms with Crippen molar-refractivity contribution in [3.63, 3.8) is 0 Å². The number of halogens is 2. The quantitative estimate of drug-likeness (QED) is 0.781. The molecule has 0 aliphatic heterocycles. The summed E-state index contributed by atoms with van der Waals surface area (Å²) in [6.07, 6.45) is -0.611. The molecule has 0 bridgehead atoms. The van der Waals surface area contributed by atoms with Crippen LogP contribution >= 0.6 is 0 Å². The van der Waals surface area contributed by atoms with Crippen LogP contribution in [0.5, 0.6) is 0 Å². The fraction of sp³-hybridized carbons (Fsp3) is 0.375. The highest BCUT2D eigenvalue weighted by atomic mass is 19.2. The van der Waals surface area contributed by atoms with Gasteiger partial charge in [-0.25, -0.2) is 13.6 Å². The Morgan fingerprint density at radius 3 is 2.71 bits per heavy atom. The van der Waals surface area contributed by atoms with Crippen molar-refractivity contribution in [2.45, 2.75) is 39.3 Å². The first-order chi connectivity index (χ1) is 11.3. The number of hydrogen-bond donors (Lipinski definition) is 3. The summed E-state index contributed by atoms with van der Waals surface area (Å²) in [7, 11) is 0. The number of carbonyl (C=O) groups excluding carboxylic acids is 1. The van der Waals surface area contributed by atoms with Gasteiger partial charge in [0, 0.05) is 0 Å². The molecule has 1 heterocycles. The summed E-state index contributed by atoms with van der Waals surface area (Å²) in [6.45, 7) is 5.09. The number of amides is 2. The predicted molar refractivity (Wildman–Crippen MR) is 83.6 cm³/mol. The Balaban J connectivity index is 2.02. The van der Waals surface area contributed by atoms with Gasteiger partial charge in [0.1, 0.15) is 11.4 Å². The first kappa shape index (κ1) is 17.9. The number of aliphatic hydroxyl groups is 1. The molecular weight excluding hydrogens is 320 g/mol. The Kier molecular flexibility index (Phi) is 5.50. The average Bonchev–Trinajstić information content (AvgIpc) is 2.89. The van der Waals surface area contributed by atoms with E-state index in [1.807, 2.05) is 6.92 Å². The summed E-state index contributed by atoms with van der Waals surface area (Å²) in [5, 5.41) is 19.2. The number of aromatic nitrogens is 1. The molecule has 2 amide bonds. The SMILES string of the molecule is CCc1noc(C)c1NC(=O)NC(C)C(O)c1ccc(F)c(F)c1. The molecule has 0 saturated heterocycles. The molecule has 0 radical (unpaired) electrons. The molecule has 8 heteroatoms. The number of benzene rings is 1. The van der Waals surface area contributed by atoms with Crippen LogP contribution in [0.4, 0.5) is 19.3 Å². The van der Waals surface area contributed by atoms with Crippen molar-refractivity contribution in [2.75, 3.05) is 5.32 Å². The number of nitrogens with zero attached hydrogens (tertiary/aromatic N) is 1. The van der Waals surface area contributed by atoms with E-state index < -0.39 is 29.8 Å². The molecule has 2 atom stereocenters. The highest BCUT2D eigenvalue weighted by Gasteiger charge is 2.21. The number of urea groups is 1. The molecule has 24 heavy (non-hydrogen) atoms. The van der Waals surface area contributed by atoms with Gasteiger partial charge in [0.2, 0.25) is 0 Å². The van der Waals surface area contributed by atoms with Crippen LogP contribution in [0, 0.1) is 18.6 Å². The van der Waals surface area contributed by atoms with Gasteiger partial charge in [-0.05, 0) is 38.0 Å². The topological polar surface area (TPSA) is 87.4 Å². The van der Waals surface area contributed by atoms with Crippen LogP contribution in [0.2, 0.25) is 0 Å². The van der Waals surface area contributed by atoms with E-state index in [-0.39, 0.29) is 5.56 Å². The van der Waals surface area contributed by atoms with Crippen molar-refractivity contribution >= 4 is 11.7 Å². The van der Waals surface area contributed by atoms with E-state index in [1.54, 1.807) is 13.8 Å². The number of aliphatic hydroxyl groups excluding tert-OH is 1. The third-order valence-electron chi connectivity index (χ3n) is 3.62. The van der Waals surface area contributed by atoms with Crippen molar-refractivity contribution < 1.29 is 23.2 Å². The van der Waals surface area contributed by atoms with E-state index in [9.17, 15) is 18.7 Å². The van der Waals surface area contributed by atoms with Gasteiger partial charge in [-0.2, -0.15) is 0 Å². The van der Waals surface area contributed by atoms with E-state index >= 15 is 0 Å². The van der Waals surface area contributed by atoms with Crippen LogP contribution in [0.15, 0.2) is 22.7 Å². The Labute approximate surface area is 137 Å². The minimum atomic E-state index is -1.19. The van der Waals surface area contributed by atoms with Gasteiger partial charge in [-0.1, -0.05) is 18.1 Å². The molecule has 2 aromatic rings. The van der Waals surface area contributed by atoms with Gasteiger partial charge in [0.15, 0.2) is 17.4 Å². The minimum absolute atomic E-state index is 0.164. The molecule has 1 aromatic heterocycles. The lowest BCUT2D eigenvalue weighted by Crippen LogP contribution is -2.40. The van der Waals surface area contributed by atoms with Crippen molar-refractivity contribution in [3.05, 3.63) is 46.9 Å². The number of nitrogens with one attached hydrogen (secondary N) is 2. The molecule has 0 aliphatic rings. The number of hydrogen-bond acceptors (Lipinski definition) is 4. The Hall–Kier alpha value is -2.48. The van der Waals surface area contributed by atoms with Crippen LogP contribution in [0.1, 0.15) is 37.0 Å². The number of rotatable bonds is 5. The zero-order valence-electron chi connectivity index (χ0n) is 13.6. The smallest absolute Gasteiger partial charge is 0.319 e. The molecule has 3 N–H and O–H groups in total. The molecule has 0 saturated carbocycles. The third-order valence-corrected chi connectivity index (χ3v) is 3.62. The van der Waals surface area contributed by atoms with Crippen LogP contribution < -0.4 is 10.6 Å². The molecule has 1 aromatic carbocycles. The first-order valence-corrected chi connectivity index (χ1v) is 7.49. The van der Waals surface area contributed by atoms with Crippen molar-refractivity contribution in [2.24, 2.45) is 0 Å². The predicted octanol–water partition coefficient (Wildman–Crippen LogP) is 3.07. The Bertz CT molecular complexity index is 733. The molecule has 2 unspecified atom stereocenters. The Morgan fingerprint density at radius 2 is 2.08 bits per heavy atom. The zero-order chi connectivity index (χ0) is 17.9. The summed E-state index contributed by atoms with van der Waals surface area (Å²) in [5.74, 6) is -1.59. The second-order valence-electron chi connectivity index (χ2n) is 5.42.